The number of H-pyrrole nitrogens is 1. The Morgan fingerprint density at radius 3 is 2.26 bits per heavy atom. The van der Waals surface area contributed by atoms with Crippen LogP contribution >= 0.6 is 0 Å². The third kappa shape index (κ3) is 6.43. The highest BCUT2D eigenvalue weighted by Gasteiger charge is 2.26. The molecule has 0 saturated carbocycles. The molecule has 2 amide bonds. The Morgan fingerprint density at radius 2 is 1.58 bits per heavy atom. The monoisotopic (exact) mass is 510 g/mol. The molecule has 4 aromatic rings. The zero-order chi connectivity index (χ0) is 27.1. The molecule has 0 radical (unpaired) electrons. The summed E-state index contributed by atoms with van der Waals surface area (Å²) < 4.78 is 0. The smallest absolute Gasteiger partial charge is 0.254 e. The van der Waals surface area contributed by atoms with Gasteiger partial charge in [-0.1, -0.05) is 55.5 Å². The third-order valence-electron chi connectivity index (χ3n) is 7.21. The minimum Gasteiger partial charge on any atom is -0.378 e. The van der Waals surface area contributed by atoms with E-state index >= 15 is 0 Å². The molecule has 0 aliphatic heterocycles. The van der Waals surface area contributed by atoms with Crippen LogP contribution in [0.3, 0.4) is 0 Å². The van der Waals surface area contributed by atoms with Gasteiger partial charge in [0.15, 0.2) is 0 Å². The van der Waals surface area contributed by atoms with Crippen molar-refractivity contribution in [3.8, 4) is 0 Å². The van der Waals surface area contributed by atoms with Gasteiger partial charge in [-0.15, -0.1) is 0 Å². The second-order valence-electron chi connectivity index (χ2n) is 10.0. The fourth-order valence-electron chi connectivity index (χ4n) is 4.65. The van der Waals surface area contributed by atoms with Crippen LogP contribution in [0.25, 0.3) is 10.9 Å². The SMILES string of the molecule is CCC(C)N(CC(=O)N(CCc1c[nH]c2ccccc12)Cc1ccc(N(C)C)cc1)C(=O)c1ccccc1. The van der Waals surface area contributed by atoms with Crippen LogP contribution in [0.15, 0.2) is 85.1 Å². The molecule has 0 spiro atoms. The molecule has 0 fully saturated rings. The van der Waals surface area contributed by atoms with Crippen molar-refractivity contribution >= 4 is 28.4 Å². The lowest BCUT2D eigenvalue weighted by atomic mass is 10.1. The lowest BCUT2D eigenvalue weighted by molar-refractivity contribution is -0.133. The number of para-hydroxylation sites is 1. The van der Waals surface area contributed by atoms with Crippen molar-refractivity contribution in [2.75, 3.05) is 32.1 Å². The Hall–Kier alpha value is -4.06. The highest BCUT2D eigenvalue weighted by Crippen LogP contribution is 2.20. The van der Waals surface area contributed by atoms with Crippen LogP contribution in [0, 0.1) is 0 Å². The lowest BCUT2D eigenvalue weighted by Crippen LogP contribution is -2.46. The summed E-state index contributed by atoms with van der Waals surface area (Å²) in [6.07, 6.45) is 3.53. The molecule has 4 rings (SSSR count). The van der Waals surface area contributed by atoms with Crippen molar-refractivity contribution in [3.05, 3.63) is 102 Å². The molecule has 1 unspecified atom stereocenters. The molecule has 6 nitrogen and oxygen atoms in total. The standard InChI is InChI=1S/C32H38N4O2/c1-5-24(2)36(32(38)26-11-7-6-8-12-26)23-31(37)35(22-25-15-17-28(18-16-25)34(3)4)20-19-27-21-33-30-14-10-9-13-29(27)30/h6-18,21,24,33H,5,19-20,22-23H2,1-4H3. The number of rotatable bonds is 11. The van der Waals surface area contributed by atoms with E-state index in [1.807, 2.05) is 81.5 Å². The zero-order valence-corrected chi connectivity index (χ0v) is 22.9. The van der Waals surface area contributed by atoms with E-state index in [4.69, 9.17) is 0 Å². The molecule has 198 valence electrons. The Morgan fingerprint density at radius 1 is 0.895 bits per heavy atom. The van der Waals surface area contributed by atoms with Crippen LogP contribution in [-0.4, -0.2) is 59.8 Å². The van der Waals surface area contributed by atoms with E-state index in [9.17, 15) is 9.59 Å². The quantitative estimate of drug-likeness (QED) is 0.280. The first-order chi connectivity index (χ1) is 18.4. The van der Waals surface area contributed by atoms with Crippen molar-refractivity contribution in [2.24, 2.45) is 0 Å². The summed E-state index contributed by atoms with van der Waals surface area (Å²) in [5.41, 5.74) is 5.05. The van der Waals surface area contributed by atoms with Gasteiger partial charge in [0.05, 0.1) is 0 Å². The van der Waals surface area contributed by atoms with Gasteiger partial charge in [0.2, 0.25) is 5.91 Å². The van der Waals surface area contributed by atoms with E-state index in [0.717, 1.165) is 29.6 Å². The molecule has 6 heteroatoms. The number of fused-ring (bicyclic) bond motifs is 1. The molecule has 1 N–H and O–H groups in total. The largest absolute Gasteiger partial charge is 0.378 e. The Bertz CT molecular complexity index is 1340. The molecule has 0 aliphatic carbocycles. The maximum Gasteiger partial charge on any atom is 0.254 e. The number of carbonyl (C=O) groups is 2. The molecule has 1 atom stereocenters. The maximum absolute atomic E-state index is 13.8. The number of aromatic amines is 1. The number of carbonyl (C=O) groups excluding carboxylic acids is 2. The summed E-state index contributed by atoms with van der Waals surface area (Å²) in [4.78, 5) is 36.2. The van der Waals surface area contributed by atoms with Gasteiger partial charge in [0.1, 0.15) is 6.54 Å². The Balaban J connectivity index is 1.56. The van der Waals surface area contributed by atoms with E-state index in [-0.39, 0.29) is 24.4 Å². The van der Waals surface area contributed by atoms with Crippen molar-refractivity contribution in [3.63, 3.8) is 0 Å². The van der Waals surface area contributed by atoms with Gasteiger partial charge in [0.25, 0.3) is 5.91 Å². The number of hydrogen-bond acceptors (Lipinski definition) is 3. The summed E-state index contributed by atoms with van der Waals surface area (Å²) in [7, 11) is 4.03. The summed E-state index contributed by atoms with van der Waals surface area (Å²) >= 11 is 0. The van der Waals surface area contributed by atoms with Gasteiger partial charge in [-0.05, 0) is 61.2 Å². The number of nitrogens with one attached hydrogen (secondary N) is 1. The van der Waals surface area contributed by atoms with E-state index < -0.39 is 0 Å². The Kier molecular flexibility index (Phi) is 8.85. The first-order valence-corrected chi connectivity index (χ1v) is 13.3. The van der Waals surface area contributed by atoms with Crippen molar-refractivity contribution in [1.82, 2.24) is 14.8 Å². The predicted octanol–water partition coefficient (Wildman–Crippen LogP) is 5.75. The normalized spacial score (nSPS) is 11.8. The van der Waals surface area contributed by atoms with Gasteiger partial charge >= 0.3 is 0 Å². The van der Waals surface area contributed by atoms with Crippen molar-refractivity contribution in [1.29, 1.82) is 0 Å². The fourth-order valence-corrected chi connectivity index (χ4v) is 4.65. The van der Waals surface area contributed by atoms with E-state index in [1.54, 1.807) is 4.90 Å². The van der Waals surface area contributed by atoms with E-state index in [2.05, 4.69) is 46.3 Å². The summed E-state index contributed by atoms with van der Waals surface area (Å²) in [5, 5.41) is 1.18. The number of anilines is 1. The average molecular weight is 511 g/mol. The van der Waals surface area contributed by atoms with Crippen LogP contribution in [0.4, 0.5) is 5.69 Å². The second-order valence-corrected chi connectivity index (χ2v) is 10.0. The van der Waals surface area contributed by atoms with Gasteiger partial charge < -0.3 is 19.7 Å². The number of benzene rings is 3. The molecule has 0 saturated heterocycles. The van der Waals surface area contributed by atoms with Crippen molar-refractivity contribution in [2.45, 2.75) is 39.3 Å². The third-order valence-corrected chi connectivity index (χ3v) is 7.21. The van der Waals surface area contributed by atoms with Crippen LogP contribution in [0.5, 0.6) is 0 Å². The number of amides is 2. The van der Waals surface area contributed by atoms with E-state index in [0.29, 0.717) is 18.7 Å². The van der Waals surface area contributed by atoms with Crippen LogP contribution in [0.1, 0.15) is 41.8 Å². The average Bonchev–Trinajstić information content (AvgIpc) is 3.36. The number of aromatic nitrogens is 1. The van der Waals surface area contributed by atoms with Crippen molar-refractivity contribution < 1.29 is 9.59 Å². The predicted molar refractivity (Wildman–Crippen MR) is 155 cm³/mol. The maximum atomic E-state index is 13.8. The minimum atomic E-state index is -0.111. The van der Waals surface area contributed by atoms with Gasteiger partial charge in [-0.3, -0.25) is 9.59 Å². The lowest BCUT2D eigenvalue weighted by Gasteiger charge is -2.31. The van der Waals surface area contributed by atoms with Gasteiger partial charge in [-0.2, -0.15) is 0 Å². The molecule has 0 bridgehead atoms. The molecule has 38 heavy (non-hydrogen) atoms. The summed E-state index contributed by atoms with van der Waals surface area (Å²) in [6, 6.07) is 25.7. The second kappa shape index (κ2) is 12.5. The number of nitrogens with zero attached hydrogens (tertiary/aromatic N) is 3. The summed E-state index contributed by atoms with van der Waals surface area (Å²) in [6.45, 7) is 5.14. The topological polar surface area (TPSA) is 59.7 Å². The number of hydrogen-bond donors (Lipinski definition) is 1. The fraction of sp³-hybridized carbons (Fsp3) is 0.312. The van der Waals surface area contributed by atoms with Gasteiger partial charge in [0, 0.05) is 61.6 Å². The molecule has 1 aromatic heterocycles. The molecular weight excluding hydrogens is 472 g/mol. The molecule has 3 aromatic carbocycles. The van der Waals surface area contributed by atoms with Gasteiger partial charge in [-0.25, -0.2) is 0 Å². The first kappa shape index (κ1) is 27.0. The minimum absolute atomic E-state index is 0.0480. The zero-order valence-electron chi connectivity index (χ0n) is 22.9. The van der Waals surface area contributed by atoms with Crippen LogP contribution in [-0.2, 0) is 17.8 Å². The van der Waals surface area contributed by atoms with Crippen LogP contribution in [0.2, 0.25) is 0 Å². The summed E-state index contributed by atoms with van der Waals surface area (Å²) in [5.74, 6) is -0.161. The van der Waals surface area contributed by atoms with Crippen LogP contribution < -0.4 is 4.90 Å². The van der Waals surface area contributed by atoms with E-state index in [1.165, 1.54) is 10.9 Å². The molecular formula is C32H38N4O2. The Labute approximate surface area is 225 Å². The molecule has 0 aliphatic rings. The molecule has 1 heterocycles. The first-order valence-electron chi connectivity index (χ1n) is 13.3. The highest BCUT2D eigenvalue weighted by molar-refractivity contribution is 5.96. The highest BCUT2D eigenvalue weighted by atomic mass is 16.2.